The molecule has 84 valence electrons. The fourth-order valence-corrected chi connectivity index (χ4v) is 1.81. The van der Waals surface area contributed by atoms with Crippen molar-refractivity contribution in [1.82, 2.24) is 10.2 Å². The van der Waals surface area contributed by atoms with E-state index in [1.807, 2.05) is 0 Å². The highest BCUT2D eigenvalue weighted by atomic mass is 19.4. The van der Waals surface area contributed by atoms with Crippen LogP contribution in [0.1, 0.15) is 42.1 Å². The first-order valence-corrected chi connectivity index (χ1v) is 4.79. The van der Waals surface area contributed by atoms with Gasteiger partial charge in [-0.3, -0.25) is 5.10 Å². The van der Waals surface area contributed by atoms with Crippen LogP contribution in [-0.2, 0) is 12.8 Å². The Balaban J connectivity index is 2.36. The van der Waals surface area contributed by atoms with Gasteiger partial charge in [0.15, 0.2) is 5.69 Å². The van der Waals surface area contributed by atoms with Crippen LogP contribution >= 0.6 is 0 Å². The van der Waals surface area contributed by atoms with Crippen LogP contribution in [0.4, 0.5) is 13.2 Å². The molecule has 1 aromatic rings. The summed E-state index contributed by atoms with van der Waals surface area (Å²) in [5.74, 6) is 0.107. The highest BCUT2D eigenvalue weighted by Gasteiger charge is 2.39. The van der Waals surface area contributed by atoms with E-state index in [4.69, 9.17) is 5.11 Å². The van der Waals surface area contributed by atoms with E-state index in [1.54, 1.807) is 0 Å². The van der Waals surface area contributed by atoms with Crippen molar-refractivity contribution < 1.29 is 18.3 Å². The van der Waals surface area contributed by atoms with Gasteiger partial charge in [0, 0.05) is 17.2 Å². The van der Waals surface area contributed by atoms with E-state index in [0.717, 1.165) is 19.3 Å². The van der Waals surface area contributed by atoms with Crippen molar-refractivity contribution in [2.45, 2.75) is 38.0 Å². The maximum Gasteiger partial charge on any atom is 0.435 e. The van der Waals surface area contributed by atoms with Gasteiger partial charge in [0.05, 0.1) is 6.61 Å². The molecule has 1 aliphatic carbocycles. The third-order valence-electron chi connectivity index (χ3n) is 2.84. The molecule has 3 nitrogen and oxygen atoms in total. The van der Waals surface area contributed by atoms with Gasteiger partial charge in [-0.15, -0.1) is 0 Å². The van der Waals surface area contributed by atoms with E-state index in [9.17, 15) is 13.2 Å². The van der Waals surface area contributed by atoms with E-state index in [1.165, 1.54) is 0 Å². The van der Waals surface area contributed by atoms with Crippen LogP contribution in [0.15, 0.2) is 0 Å². The van der Waals surface area contributed by atoms with Gasteiger partial charge in [-0.2, -0.15) is 18.3 Å². The molecule has 6 heteroatoms. The summed E-state index contributed by atoms with van der Waals surface area (Å²) in [4.78, 5) is 0. The van der Waals surface area contributed by atoms with Crippen LogP contribution in [0, 0.1) is 0 Å². The molecule has 0 saturated heterocycles. The molecule has 1 saturated carbocycles. The van der Waals surface area contributed by atoms with Crippen LogP contribution < -0.4 is 0 Å². The van der Waals surface area contributed by atoms with Gasteiger partial charge in [0.25, 0.3) is 0 Å². The van der Waals surface area contributed by atoms with Crippen molar-refractivity contribution in [3.8, 4) is 0 Å². The second-order valence-electron chi connectivity index (χ2n) is 3.75. The normalized spacial score (nSPS) is 17.9. The highest BCUT2D eigenvalue weighted by Crippen LogP contribution is 2.40. The number of alkyl halides is 3. The molecule has 0 atom stereocenters. The number of aliphatic hydroxyl groups excluding tert-OH is 1. The van der Waals surface area contributed by atoms with E-state index >= 15 is 0 Å². The Labute approximate surface area is 84.3 Å². The lowest BCUT2D eigenvalue weighted by atomic mass is 9.81. The quantitative estimate of drug-likeness (QED) is 0.802. The Bertz CT molecular complexity index is 355. The Morgan fingerprint density at radius 1 is 1.40 bits per heavy atom. The zero-order chi connectivity index (χ0) is 11.1. The molecular formula is C9H11F3N2O. The predicted octanol–water partition coefficient (Wildman–Crippen LogP) is 2.19. The molecule has 1 heterocycles. The summed E-state index contributed by atoms with van der Waals surface area (Å²) in [6, 6.07) is 0. The first kappa shape index (κ1) is 10.5. The summed E-state index contributed by atoms with van der Waals surface area (Å²) in [6.45, 7) is -0.614. The molecule has 0 spiro atoms. The number of H-pyrrole nitrogens is 1. The minimum atomic E-state index is -4.49. The number of aromatic amines is 1. The van der Waals surface area contributed by atoms with Gasteiger partial charge in [-0.05, 0) is 12.8 Å². The summed E-state index contributed by atoms with van der Waals surface area (Å²) < 4.78 is 37.3. The molecule has 2 N–H and O–H groups in total. The first-order valence-electron chi connectivity index (χ1n) is 4.79. The molecule has 1 aliphatic rings. The zero-order valence-electron chi connectivity index (χ0n) is 7.93. The lowest BCUT2D eigenvalue weighted by Gasteiger charge is -2.25. The smallest absolute Gasteiger partial charge is 0.392 e. The zero-order valence-corrected chi connectivity index (χ0v) is 7.93. The van der Waals surface area contributed by atoms with Crippen molar-refractivity contribution >= 4 is 0 Å². The van der Waals surface area contributed by atoms with Gasteiger partial charge >= 0.3 is 6.18 Å². The Kier molecular flexibility index (Phi) is 2.46. The fraction of sp³-hybridized carbons (Fsp3) is 0.667. The molecular weight excluding hydrogens is 209 g/mol. The number of hydrogen-bond acceptors (Lipinski definition) is 2. The van der Waals surface area contributed by atoms with E-state index in [0.29, 0.717) is 5.69 Å². The molecule has 0 aliphatic heterocycles. The van der Waals surface area contributed by atoms with Crippen molar-refractivity contribution in [3.05, 3.63) is 17.0 Å². The average molecular weight is 220 g/mol. The summed E-state index contributed by atoms with van der Waals surface area (Å²) in [7, 11) is 0. The van der Waals surface area contributed by atoms with Gasteiger partial charge in [-0.1, -0.05) is 6.42 Å². The van der Waals surface area contributed by atoms with E-state index in [-0.39, 0.29) is 11.5 Å². The minimum absolute atomic E-state index is 0.0906. The lowest BCUT2D eigenvalue weighted by Crippen LogP contribution is -2.13. The summed E-state index contributed by atoms with van der Waals surface area (Å²) in [5.41, 5.74) is -0.616. The SMILES string of the molecule is OCc1c(C(F)(F)F)n[nH]c1C1CCC1. The Morgan fingerprint density at radius 3 is 2.47 bits per heavy atom. The number of nitrogens with one attached hydrogen (secondary N) is 1. The van der Waals surface area contributed by atoms with Crippen molar-refractivity contribution in [2.75, 3.05) is 0 Å². The topological polar surface area (TPSA) is 48.9 Å². The fourth-order valence-electron chi connectivity index (χ4n) is 1.81. The number of aromatic nitrogens is 2. The number of hydrogen-bond donors (Lipinski definition) is 2. The summed E-state index contributed by atoms with van der Waals surface area (Å²) >= 11 is 0. The van der Waals surface area contributed by atoms with Crippen LogP contribution in [0.2, 0.25) is 0 Å². The maximum absolute atomic E-state index is 12.4. The second-order valence-corrected chi connectivity index (χ2v) is 3.75. The molecule has 0 amide bonds. The van der Waals surface area contributed by atoms with Crippen LogP contribution in [-0.4, -0.2) is 15.3 Å². The molecule has 15 heavy (non-hydrogen) atoms. The molecule has 0 radical (unpaired) electrons. The third-order valence-corrected chi connectivity index (χ3v) is 2.84. The van der Waals surface area contributed by atoms with Gasteiger partial charge in [0.1, 0.15) is 0 Å². The Morgan fingerprint density at radius 2 is 2.07 bits per heavy atom. The number of halogens is 3. The molecule has 1 fully saturated rings. The standard InChI is InChI=1S/C9H11F3N2O/c10-9(11,12)8-6(4-15)7(13-14-8)5-2-1-3-5/h5,15H,1-4H2,(H,13,14). The number of nitrogens with zero attached hydrogens (tertiary/aromatic N) is 1. The Hall–Kier alpha value is -1.04. The largest absolute Gasteiger partial charge is 0.435 e. The number of aliphatic hydroxyl groups is 1. The molecule has 0 aromatic carbocycles. The lowest BCUT2D eigenvalue weighted by molar-refractivity contribution is -0.142. The molecule has 2 rings (SSSR count). The average Bonchev–Trinajstić information content (AvgIpc) is 2.43. The third kappa shape index (κ3) is 1.73. The predicted molar refractivity (Wildman–Crippen MR) is 46.1 cm³/mol. The minimum Gasteiger partial charge on any atom is -0.392 e. The van der Waals surface area contributed by atoms with E-state index in [2.05, 4.69) is 10.2 Å². The second kappa shape index (κ2) is 3.52. The molecule has 0 bridgehead atoms. The first-order chi connectivity index (χ1) is 7.04. The molecule has 1 aromatic heterocycles. The van der Waals surface area contributed by atoms with E-state index < -0.39 is 18.5 Å². The van der Waals surface area contributed by atoms with Gasteiger partial charge in [-0.25, -0.2) is 0 Å². The van der Waals surface area contributed by atoms with Crippen LogP contribution in [0.3, 0.4) is 0 Å². The van der Waals surface area contributed by atoms with Crippen molar-refractivity contribution in [3.63, 3.8) is 0 Å². The van der Waals surface area contributed by atoms with Crippen LogP contribution in [0.5, 0.6) is 0 Å². The monoisotopic (exact) mass is 220 g/mol. The summed E-state index contributed by atoms with van der Waals surface area (Å²) in [6.07, 6.45) is -1.73. The highest BCUT2D eigenvalue weighted by molar-refractivity contribution is 5.30. The van der Waals surface area contributed by atoms with Gasteiger partial charge in [0.2, 0.25) is 0 Å². The van der Waals surface area contributed by atoms with Crippen LogP contribution in [0.25, 0.3) is 0 Å². The maximum atomic E-state index is 12.4. The van der Waals surface area contributed by atoms with Crippen molar-refractivity contribution in [1.29, 1.82) is 0 Å². The van der Waals surface area contributed by atoms with Gasteiger partial charge < -0.3 is 5.11 Å². The van der Waals surface area contributed by atoms with Crippen molar-refractivity contribution in [2.24, 2.45) is 0 Å². The number of rotatable bonds is 2. The molecule has 0 unspecified atom stereocenters. The summed E-state index contributed by atoms with van der Waals surface area (Å²) in [5, 5.41) is 14.6.